The van der Waals surface area contributed by atoms with Crippen LogP contribution in [0.3, 0.4) is 0 Å². The fraction of sp³-hybridized carbons (Fsp3) is 0.133. The van der Waals surface area contributed by atoms with E-state index >= 15 is 0 Å². The van der Waals surface area contributed by atoms with E-state index in [1.165, 1.54) is 0 Å². The van der Waals surface area contributed by atoms with E-state index in [0.29, 0.717) is 11.3 Å². The van der Waals surface area contributed by atoms with Gasteiger partial charge in [0.05, 0.1) is 7.11 Å². The van der Waals surface area contributed by atoms with Crippen molar-refractivity contribution in [2.45, 2.75) is 6.92 Å². The second-order valence-corrected chi connectivity index (χ2v) is 4.26. The quantitative estimate of drug-likeness (QED) is 0.830. The fourth-order valence-corrected chi connectivity index (χ4v) is 1.79. The second kappa shape index (κ2) is 5.44. The van der Waals surface area contributed by atoms with Crippen molar-refractivity contribution in [1.82, 2.24) is 0 Å². The van der Waals surface area contributed by atoms with Crippen LogP contribution in [0.25, 0.3) is 0 Å². The maximum absolute atomic E-state index is 12.0. The molecule has 0 heterocycles. The van der Waals surface area contributed by atoms with Crippen LogP contribution < -0.4 is 15.8 Å². The maximum Gasteiger partial charge on any atom is 0.255 e. The van der Waals surface area contributed by atoms with E-state index in [-0.39, 0.29) is 5.91 Å². The highest BCUT2D eigenvalue weighted by Crippen LogP contribution is 2.21. The third kappa shape index (κ3) is 3.04. The van der Waals surface area contributed by atoms with Gasteiger partial charge in [0.25, 0.3) is 5.91 Å². The van der Waals surface area contributed by atoms with Crippen LogP contribution in [0.5, 0.6) is 5.75 Å². The molecule has 0 bridgehead atoms. The number of rotatable bonds is 3. The second-order valence-electron chi connectivity index (χ2n) is 4.26. The summed E-state index contributed by atoms with van der Waals surface area (Å²) in [6.07, 6.45) is 0. The van der Waals surface area contributed by atoms with Gasteiger partial charge in [-0.15, -0.1) is 0 Å². The van der Waals surface area contributed by atoms with Gasteiger partial charge in [-0.25, -0.2) is 0 Å². The van der Waals surface area contributed by atoms with Gasteiger partial charge in [0.1, 0.15) is 5.75 Å². The lowest BCUT2D eigenvalue weighted by molar-refractivity contribution is 0.102. The summed E-state index contributed by atoms with van der Waals surface area (Å²) in [5.41, 5.74) is 8.50. The van der Waals surface area contributed by atoms with Crippen LogP contribution in [0, 0.1) is 6.92 Å². The predicted molar refractivity (Wildman–Crippen MR) is 76.5 cm³/mol. The summed E-state index contributed by atoms with van der Waals surface area (Å²) in [7, 11) is 1.62. The molecule has 0 atom stereocenters. The number of nitrogens with one attached hydrogen (secondary N) is 1. The number of anilines is 2. The molecular weight excluding hydrogens is 240 g/mol. The van der Waals surface area contributed by atoms with Crippen molar-refractivity contribution in [3.63, 3.8) is 0 Å². The Kier molecular flexibility index (Phi) is 3.71. The Labute approximate surface area is 112 Å². The van der Waals surface area contributed by atoms with Crippen molar-refractivity contribution in [2.75, 3.05) is 18.2 Å². The lowest BCUT2D eigenvalue weighted by Crippen LogP contribution is -2.11. The molecule has 0 aliphatic carbocycles. The van der Waals surface area contributed by atoms with Crippen molar-refractivity contribution in [1.29, 1.82) is 0 Å². The molecule has 3 N–H and O–H groups in total. The van der Waals surface area contributed by atoms with E-state index in [9.17, 15) is 4.79 Å². The van der Waals surface area contributed by atoms with Gasteiger partial charge in [0.15, 0.2) is 0 Å². The molecule has 4 heteroatoms. The summed E-state index contributed by atoms with van der Waals surface area (Å²) in [6, 6.07) is 12.3. The van der Waals surface area contributed by atoms with Gasteiger partial charge in [-0.3, -0.25) is 4.79 Å². The molecule has 0 unspecified atom stereocenters. The van der Waals surface area contributed by atoms with Crippen molar-refractivity contribution in [3.8, 4) is 5.75 Å². The van der Waals surface area contributed by atoms with Crippen LogP contribution in [0.4, 0.5) is 11.4 Å². The Hall–Kier alpha value is -2.49. The largest absolute Gasteiger partial charge is 0.496 e. The van der Waals surface area contributed by atoms with Gasteiger partial charge >= 0.3 is 0 Å². The number of benzene rings is 2. The standard InChI is InChI=1S/C15H16N2O2/c1-10-9-13(7-8-14(10)19-2)17-15(18)11-3-5-12(16)6-4-11/h3-9H,16H2,1-2H3,(H,17,18). The smallest absolute Gasteiger partial charge is 0.255 e. The van der Waals surface area contributed by atoms with E-state index in [4.69, 9.17) is 10.5 Å². The van der Waals surface area contributed by atoms with Gasteiger partial charge in [0.2, 0.25) is 0 Å². The summed E-state index contributed by atoms with van der Waals surface area (Å²) in [6.45, 7) is 1.93. The molecule has 1 amide bonds. The summed E-state index contributed by atoms with van der Waals surface area (Å²) in [5.74, 6) is 0.634. The summed E-state index contributed by atoms with van der Waals surface area (Å²) in [5, 5.41) is 2.83. The molecule has 19 heavy (non-hydrogen) atoms. The molecule has 98 valence electrons. The molecule has 0 aliphatic rings. The number of amides is 1. The first-order valence-corrected chi connectivity index (χ1v) is 5.91. The molecule has 0 aliphatic heterocycles. The highest BCUT2D eigenvalue weighted by molar-refractivity contribution is 6.04. The molecular formula is C15H16N2O2. The maximum atomic E-state index is 12.0. The fourth-order valence-electron chi connectivity index (χ4n) is 1.79. The van der Waals surface area contributed by atoms with Gasteiger partial charge in [-0.2, -0.15) is 0 Å². The number of ether oxygens (including phenoxy) is 1. The average molecular weight is 256 g/mol. The topological polar surface area (TPSA) is 64.3 Å². The molecule has 4 nitrogen and oxygen atoms in total. The third-order valence-electron chi connectivity index (χ3n) is 2.83. The Morgan fingerprint density at radius 1 is 1.16 bits per heavy atom. The molecule has 2 aromatic carbocycles. The predicted octanol–water partition coefficient (Wildman–Crippen LogP) is 2.84. The van der Waals surface area contributed by atoms with Crippen molar-refractivity contribution in [3.05, 3.63) is 53.6 Å². The van der Waals surface area contributed by atoms with E-state index in [2.05, 4.69) is 5.32 Å². The highest BCUT2D eigenvalue weighted by atomic mass is 16.5. The van der Waals surface area contributed by atoms with E-state index < -0.39 is 0 Å². The molecule has 0 radical (unpaired) electrons. The Balaban J connectivity index is 2.14. The SMILES string of the molecule is COc1ccc(NC(=O)c2ccc(N)cc2)cc1C. The minimum absolute atomic E-state index is 0.162. The summed E-state index contributed by atoms with van der Waals surface area (Å²) < 4.78 is 5.18. The summed E-state index contributed by atoms with van der Waals surface area (Å²) in [4.78, 5) is 12.0. The number of carbonyl (C=O) groups is 1. The van der Waals surface area contributed by atoms with Crippen LogP contribution in [-0.4, -0.2) is 13.0 Å². The number of nitrogen functional groups attached to an aromatic ring is 1. The monoisotopic (exact) mass is 256 g/mol. The van der Waals surface area contributed by atoms with Crippen molar-refractivity contribution < 1.29 is 9.53 Å². The minimum Gasteiger partial charge on any atom is -0.496 e. The van der Waals surface area contributed by atoms with E-state index in [1.807, 2.05) is 19.1 Å². The number of aryl methyl sites for hydroxylation is 1. The molecule has 0 saturated carbocycles. The van der Waals surface area contributed by atoms with Gasteiger partial charge < -0.3 is 15.8 Å². The Bertz CT molecular complexity index is 592. The van der Waals surface area contributed by atoms with Crippen LogP contribution in [0.15, 0.2) is 42.5 Å². The molecule has 2 rings (SSSR count). The van der Waals surface area contributed by atoms with Crippen molar-refractivity contribution in [2.24, 2.45) is 0 Å². The van der Waals surface area contributed by atoms with E-state index in [0.717, 1.165) is 17.0 Å². The van der Waals surface area contributed by atoms with Gasteiger partial charge in [-0.05, 0) is 55.0 Å². The van der Waals surface area contributed by atoms with Crippen LogP contribution in [-0.2, 0) is 0 Å². The van der Waals surface area contributed by atoms with E-state index in [1.54, 1.807) is 37.4 Å². The zero-order valence-corrected chi connectivity index (χ0v) is 10.9. The lowest BCUT2D eigenvalue weighted by Gasteiger charge is -2.09. The lowest BCUT2D eigenvalue weighted by atomic mass is 10.1. The number of carbonyl (C=O) groups excluding carboxylic acids is 1. The first kappa shape index (κ1) is 13.0. The minimum atomic E-state index is -0.162. The Morgan fingerprint density at radius 3 is 2.42 bits per heavy atom. The number of methoxy groups -OCH3 is 1. The van der Waals surface area contributed by atoms with Crippen molar-refractivity contribution >= 4 is 17.3 Å². The zero-order valence-electron chi connectivity index (χ0n) is 10.9. The van der Waals surface area contributed by atoms with Crippen LogP contribution in [0.1, 0.15) is 15.9 Å². The molecule has 2 aromatic rings. The normalized spacial score (nSPS) is 10.0. The summed E-state index contributed by atoms with van der Waals surface area (Å²) >= 11 is 0. The van der Waals surface area contributed by atoms with Crippen LogP contribution in [0.2, 0.25) is 0 Å². The number of hydrogen-bond acceptors (Lipinski definition) is 3. The molecule has 0 saturated heterocycles. The third-order valence-corrected chi connectivity index (χ3v) is 2.83. The molecule has 0 spiro atoms. The molecule has 0 fully saturated rings. The highest BCUT2D eigenvalue weighted by Gasteiger charge is 2.07. The zero-order chi connectivity index (χ0) is 13.8. The molecule has 0 aromatic heterocycles. The number of nitrogens with two attached hydrogens (primary N) is 1. The Morgan fingerprint density at radius 2 is 1.84 bits per heavy atom. The first-order chi connectivity index (χ1) is 9.10. The van der Waals surface area contributed by atoms with Crippen LogP contribution >= 0.6 is 0 Å². The average Bonchev–Trinajstić information content (AvgIpc) is 2.39. The van der Waals surface area contributed by atoms with Gasteiger partial charge in [0, 0.05) is 16.9 Å². The van der Waals surface area contributed by atoms with Gasteiger partial charge in [-0.1, -0.05) is 0 Å². The number of hydrogen-bond donors (Lipinski definition) is 2. The first-order valence-electron chi connectivity index (χ1n) is 5.91.